The zero-order valence-electron chi connectivity index (χ0n) is 13.6. The molecule has 0 saturated carbocycles. The molecule has 7 nitrogen and oxygen atoms in total. The maximum Gasteiger partial charge on any atom is 0.317 e. The van der Waals surface area contributed by atoms with Crippen LogP contribution in [0.15, 0.2) is 4.52 Å². The van der Waals surface area contributed by atoms with Gasteiger partial charge in [-0.1, -0.05) is 5.16 Å². The van der Waals surface area contributed by atoms with Gasteiger partial charge in [0.15, 0.2) is 5.82 Å². The van der Waals surface area contributed by atoms with Gasteiger partial charge >= 0.3 is 6.03 Å². The number of hydrogen-bond donors (Lipinski definition) is 1. The Labute approximate surface area is 139 Å². The molecule has 0 aromatic carbocycles. The minimum absolute atomic E-state index is 0.139. The zero-order valence-corrected chi connectivity index (χ0v) is 14.4. The number of nitrogens with one attached hydrogen (secondary N) is 1. The molecule has 0 aliphatic heterocycles. The lowest BCUT2D eigenvalue weighted by Crippen LogP contribution is -2.39. The van der Waals surface area contributed by atoms with E-state index in [0.717, 1.165) is 24.3 Å². The van der Waals surface area contributed by atoms with Crippen LogP contribution in [0.25, 0.3) is 0 Å². The molecule has 1 atom stereocenters. The first-order valence-electron chi connectivity index (χ1n) is 7.77. The van der Waals surface area contributed by atoms with E-state index in [4.69, 9.17) is 4.52 Å². The van der Waals surface area contributed by atoms with Crippen molar-refractivity contribution >= 4 is 17.4 Å². The highest BCUT2D eigenvalue weighted by atomic mass is 32.1. The maximum atomic E-state index is 12.2. The van der Waals surface area contributed by atoms with E-state index in [-0.39, 0.29) is 12.6 Å². The summed E-state index contributed by atoms with van der Waals surface area (Å²) in [7, 11) is 1.81. The highest BCUT2D eigenvalue weighted by Crippen LogP contribution is 2.34. The van der Waals surface area contributed by atoms with Gasteiger partial charge in [-0.2, -0.15) is 4.98 Å². The Morgan fingerprint density at radius 1 is 1.43 bits per heavy atom. The van der Waals surface area contributed by atoms with Gasteiger partial charge in [-0.05, 0) is 33.1 Å². The highest BCUT2D eigenvalue weighted by molar-refractivity contribution is 7.11. The number of likely N-dealkylation sites (N-methyl/N-ethyl adjacent to an activating group) is 1. The monoisotopic (exact) mass is 335 g/mol. The van der Waals surface area contributed by atoms with Crippen LogP contribution in [0, 0.1) is 13.8 Å². The fraction of sp³-hybridized carbons (Fsp3) is 0.600. The summed E-state index contributed by atoms with van der Waals surface area (Å²) in [5.41, 5.74) is 1.19. The van der Waals surface area contributed by atoms with Crippen molar-refractivity contribution in [1.29, 1.82) is 0 Å². The molecule has 2 aromatic heterocycles. The summed E-state index contributed by atoms with van der Waals surface area (Å²) >= 11 is 1.78. The summed E-state index contributed by atoms with van der Waals surface area (Å²) in [4.78, 5) is 24.0. The largest absolute Gasteiger partial charge is 0.337 e. The second kappa shape index (κ2) is 6.66. The van der Waals surface area contributed by atoms with Crippen molar-refractivity contribution in [2.75, 3.05) is 13.6 Å². The Kier molecular flexibility index (Phi) is 4.61. The average molecular weight is 335 g/mol. The van der Waals surface area contributed by atoms with E-state index >= 15 is 0 Å². The van der Waals surface area contributed by atoms with Crippen LogP contribution in [0.1, 0.15) is 46.1 Å². The SMILES string of the molecule is Cc1noc(CNC(=O)N(C)C[C@H]2CCCc3sc(C)nc32)n1. The molecule has 8 heteroatoms. The van der Waals surface area contributed by atoms with Crippen LogP contribution in [0.2, 0.25) is 0 Å². The van der Waals surface area contributed by atoms with Crippen LogP contribution in [-0.4, -0.2) is 39.6 Å². The Hall–Kier alpha value is -1.96. The molecule has 0 radical (unpaired) electrons. The molecular weight excluding hydrogens is 314 g/mol. The molecule has 1 N–H and O–H groups in total. The molecule has 0 bridgehead atoms. The van der Waals surface area contributed by atoms with Gasteiger partial charge in [0.05, 0.1) is 17.2 Å². The summed E-state index contributed by atoms with van der Waals surface area (Å²) in [6.07, 6.45) is 3.36. The molecule has 2 aromatic rings. The number of thiazole rings is 1. The third-order valence-electron chi connectivity index (χ3n) is 3.98. The summed E-state index contributed by atoms with van der Waals surface area (Å²) in [5, 5.41) is 7.62. The first kappa shape index (κ1) is 15.9. The second-order valence-electron chi connectivity index (χ2n) is 5.91. The quantitative estimate of drug-likeness (QED) is 0.927. The van der Waals surface area contributed by atoms with E-state index in [1.54, 1.807) is 23.2 Å². The van der Waals surface area contributed by atoms with E-state index in [1.165, 1.54) is 10.6 Å². The molecule has 1 aliphatic carbocycles. The molecule has 124 valence electrons. The number of fused-ring (bicyclic) bond motifs is 1. The van der Waals surface area contributed by atoms with Crippen LogP contribution in [0.5, 0.6) is 0 Å². The molecule has 3 rings (SSSR count). The van der Waals surface area contributed by atoms with E-state index in [1.807, 2.05) is 14.0 Å². The number of nitrogens with zero attached hydrogens (tertiary/aromatic N) is 4. The van der Waals surface area contributed by atoms with Crippen LogP contribution in [0.4, 0.5) is 4.79 Å². The maximum absolute atomic E-state index is 12.2. The lowest BCUT2D eigenvalue weighted by molar-refractivity contribution is 0.202. The first-order chi connectivity index (χ1) is 11.0. The van der Waals surface area contributed by atoms with Gasteiger partial charge in [-0.3, -0.25) is 0 Å². The van der Waals surface area contributed by atoms with Crippen LogP contribution < -0.4 is 5.32 Å². The molecule has 0 spiro atoms. The number of rotatable bonds is 4. The average Bonchev–Trinajstić information content (AvgIpc) is 3.10. The van der Waals surface area contributed by atoms with E-state index in [9.17, 15) is 4.79 Å². The van der Waals surface area contributed by atoms with Crippen LogP contribution >= 0.6 is 11.3 Å². The Balaban J connectivity index is 1.56. The van der Waals surface area contributed by atoms with Crippen molar-refractivity contribution in [3.05, 3.63) is 27.3 Å². The van der Waals surface area contributed by atoms with E-state index in [0.29, 0.717) is 24.2 Å². The van der Waals surface area contributed by atoms with Crippen molar-refractivity contribution in [3.8, 4) is 0 Å². The Morgan fingerprint density at radius 2 is 2.26 bits per heavy atom. The van der Waals surface area contributed by atoms with Crippen molar-refractivity contribution in [2.24, 2.45) is 0 Å². The number of aryl methyl sites for hydroxylation is 3. The van der Waals surface area contributed by atoms with Gasteiger partial charge in [0.2, 0.25) is 5.89 Å². The van der Waals surface area contributed by atoms with Gasteiger partial charge in [0.25, 0.3) is 0 Å². The predicted octanol–water partition coefficient (Wildman–Crippen LogP) is 2.40. The molecule has 2 amide bonds. The summed E-state index contributed by atoms with van der Waals surface area (Å²) in [6, 6.07) is -0.139. The Morgan fingerprint density at radius 3 is 3.00 bits per heavy atom. The van der Waals surface area contributed by atoms with Crippen molar-refractivity contribution in [1.82, 2.24) is 25.3 Å². The van der Waals surface area contributed by atoms with Crippen LogP contribution in [0.3, 0.4) is 0 Å². The minimum atomic E-state index is -0.139. The molecule has 0 saturated heterocycles. The smallest absolute Gasteiger partial charge is 0.317 e. The Bertz CT molecular complexity index is 696. The molecule has 23 heavy (non-hydrogen) atoms. The van der Waals surface area contributed by atoms with Crippen molar-refractivity contribution in [2.45, 2.75) is 45.6 Å². The molecule has 0 fully saturated rings. The third-order valence-corrected chi connectivity index (χ3v) is 5.03. The van der Waals surface area contributed by atoms with Gasteiger partial charge in [-0.25, -0.2) is 9.78 Å². The second-order valence-corrected chi connectivity index (χ2v) is 7.19. The number of carbonyl (C=O) groups is 1. The van der Waals surface area contributed by atoms with Crippen molar-refractivity contribution < 1.29 is 9.32 Å². The third kappa shape index (κ3) is 3.69. The minimum Gasteiger partial charge on any atom is -0.337 e. The topological polar surface area (TPSA) is 84.2 Å². The fourth-order valence-electron chi connectivity index (χ4n) is 2.92. The lowest BCUT2D eigenvalue weighted by Gasteiger charge is -2.26. The fourth-order valence-corrected chi connectivity index (χ4v) is 3.98. The number of urea groups is 1. The van der Waals surface area contributed by atoms with Gasteiger partial charge in [0, 0.05) is 24.4 Å². The van der Waals surface area contributed by atoms with Crippen LogP contribution in [-0.2, 0) is 13.0 Å². The van der Waals surface area contributed by atoms with E-state index in [2.05, 4.69) is 20.4 Å². The first-order valence-corrected chi connectivity index (χ1v) is 8.59. The van der Waals surface area contributed by atoms with Gasteiger partial charge in [-0.15, -0.1) is 11.3 Å². The zero-order chi connectivity index (χ0) is 16.4. The normalized spacial score (nSPS) is 16.9. The predicted molar refractivity (Wildman–Crippen MR) is 86.4 cm³/mol. The number of hydrogen-bond acceptors (Lipinski definition) is 6. The molecular formula is C15H21N5O2S. The number of carbonyl (C=O) groups excluding carboxylic acids is 1. The molecule has 1 aliphatic rings. The van der Waals surface area contributed by atoms with Crippen molar-refractivity contribution in [3.63, 3.8) is 0 Å². The molecule has 0 unspecified atom stereocenters. The van der Waals surface area contributed by atoms with E-state index < -0.39 is 0 Å². The summed E-state index contributed by atoms with van der Waals surface area (Å²) in [5.74, 6) is 1.31. The van der Waals surface area contributed by atoms with Gasteiger partial charge < -0.3 is 14.7 Å². The lowest BCUT2D eigenvalue weighted by atomic mass is 9.91. The van der Waals surface area contributed by atoms with Gasteiger partial charge in [0.1, 0.15) is 0 Å². The highest BCUT2D eigenvalue weighted by Gasteiger charge is 2.26. The summed E-state index contributed by atoms with van der Waals surface area (Å²) < 4.78 is 4.99. The standard InChI is InChI=1S/C15H21N5O2S/c1-9-17-13(22-19-9)7-16-15(21)20(3)8-11-5-4-6-12-14(11)18-10(2)23-12/h11H,4-8H2,1-3H3,(H,16,21)/t11-/m1/s1. The number of amides is 2. The summed E-state index contributed by atoms with van der Waals surface area (Å²) in [6.45, 7) is 4.71. The number of aromatic nitrogens is 3. The molecule has 2 heterocycles.